The van der Waals surface area contributed by atoms with Crippen molar-refractivity contribution < 1.29 is 14.3 Å². The Morgan fingerprint density at radius 2 is 1.89 bits per heavy atom. The molecule has 0 fully saturated rings. The van der Waals surface area contributed by atoms with Crippen LogP contribution in [0, 0.1) is 5.92 Å². The van der Waals surface area contributed by atoms with Gasteiger partial charge >= 0.3 is 0 Å². The van der Waals surface area contributed by atoms with Crippen LogP contribution in [-0.2, 0) is 0 Å². The molecule has 0 saturated heterocycles. The summed E-state index contributed by atoms with van der Waals surface area (Å²) in [5.74, 6) is 1.73. The first-order valence-electron chi connectivity index (χ1n) is 6.60. The van der Waals surface area contributed by atoms with Gasteiger partial charge in [0.05, 0.1) is 18.8 Å². The van der Waals surface area contributed by atoms with Gasteiger partial charge in [0.2, 0.25) is 0 Å². The van der Waals surface area contributed by atoms with Crippen molar-refractivity contribution in [2.45, 2.75) is 33.6 Å². The van der Waals surface area contributed by atoms with Gasteiger partial charge in [0.1, 0.15) is 0 Å². The van der Waals surface area contributed by atoms with E-state index in [9.17, 15) is 4.79 Å². The molecular weight excluding hydrogens is 228 g/mol. The van der Waals surface area contributed by atoms with Crippen LogP contribution in [0.4, 0.5) is 0 Å². The number of rotatable bonds is 8. The molecule has 0 atom stereocenters. The van der Waals surface area contributed by atoms with Crippen LogP contribution >= 0.6 is 0 Å². The Morgan fingerprint density at radius 1 is 1.17 bits per heavy atom. The van der Waals surface area contributed by atoms with Crippen molar-refractivity contribution in [1.82, 2.24) is 0 Å². The van der Waals surface area contributed by atoms with Crippen molar-refractivity contribution >= 4 is 6.29 Å². The minimum absolute atomic E-state index is 0.513. The van der Waals surface area contributed by atoms with E-state index in [1.807, 2.05) is 13.0 Å². The van der Waals surface area contributed by atoms with E-state index in [4.69, 9.17) is 9.47 Å². The number of ether oxygens (including phenoxy) is 2. The molecule has 0 aliphatic carbocycles. The van der Waals surface area contributed by atoms with Gasteiger partial charge in [0, 0.05) is 0 Å². The molecular formula is C15H22O3. The zero-order valence-corrected chi connectivity index (χ0v) is 11.4. The number of para-hydroxylation sites is 1. The quantitative estimate of drug-likeness (QED) is 0.660. The largest absolute Gasteiger partial charge is 0.490 e. The van der Waals surface area contributed by atoms with E-state index in [-0.39, 0.29) is 0 Å². The second kappa shape index (κ2) is 7.75. The first kappa shape index (κ1) is 14.6. The summed E-state index contributed by atoms with van der Waals surface area (Å²) in [4.78, 5) is 11.0. The highest BCUT2D eigenvalue weighted by Gasteiger charge is 2.12. The van der Waals surface area contributed by atoms with Crippen LogP contribution in [0.2, 0.25) is 0 Å². The van der Waals surface area contributed by atoms with Crippen LogP contribution in [0.1, 0.15) is 44.0 Å². The molecule has 0 aromatic heterocycles. The molecule has 0 bridgehead atoms. The number of carbonyl (C=O) groups is 1. The normalized spacial score (nSPS) is 10.4. The molecule has 0 saturated carbocycles. The third-order valence-corrected chi connectivity index (χ3v) is 3.05. The number of aldehydes is 1. The molecule has 100 valence electrons. The molecule has 0 unspecified atom stereocenters. The zero-order chi connectivity index (χ0) is 13.4. The van der Waals surface area contributed by atoms with E-state index in [1.54, 1.807) is 12.1 Å². The topological polar surface area (TPSA) is 35.5 Å². The van der Waals surface area contributed by atoms with Crippen molar-refractivity contribution in [3.05, 3.63) is 23.8 Å². The van der Waals surface area contributed by atoms with Gasteiger partial charge in [0.25, 0.3) is 0 Å². The molecule has 1 aromatic carbocycles. The minimum Gasteiger partial charge on any atom is -0.490 e. The SMILES string of the molecule is CCOc1cccc(C=O)c1OCC(CC)CC. The molecule has 0 amide bonds. The summed E-state index contributed by atoms with van der Waals surface area (Å²) in [6.07, 6.45) is 2.96. The summed E-state index contributed by atoms with van der Waals surface area (Å²) in [6.45, 7) is 7.39. The Hall–Kier alpha value is -1.51. The van der Waals surface area contributed by atoms with Gasteiger partial charge in [-0.25, -0.2) is 0 Å². The number of benzene rings is 1. The molecule has 0 heterocycles. The van der Waals surface area contributed by atoms with Gasteiger partial charge in [-0.05, 0) is 25.0 Å². The highest BCUT2D eigenvalue weighted by Crippen LogP contribution is 2.31. The summed E-state index contributed by atoms with van der Waals surface area (Å²) >= 11 is 0. The molecule has 0 spiro atoms. The molecule has 1 rings (SSSR count). The van der Waals surface area contributed by atoms with Crippen molar-refractivity contribution in [2.24, 2.45) is 5.92 Å². The van der Waals surface area contributed by atoms with Gasteiger partial charge in [0.15, 0.2) is 17.8 Å². The standard InChI is InChI=1S/C15H22O3/c1-4-12(5-2)11-18-15-13(10-16)8-7-9-14(15)17-6-3/h7-10,12H,4-6,11H2,1-3H3. The smallest absolute Gasteiger partial charge is 0.171 e. The highest BCUT2D eigenvalue weighted by atomic mass is 16.5. The summed E-state index contributed by atoms with van der Waals surface area (Å²) in [5, 5.41) is 0. The summed E-state index contributed by atoms with van der Waals surface area (Å²) in [7, 11) is 0. The van der Waals surface area contributed by atoms with Gasteiger partial charge < -0.3 is 9.47 Å². The predicted octanol–water partition coefficient (Wildman–Crippen LogP) is 3.71. The maximum absolute atomic E-state index is 11.0. The van der Waals surface area contributed by atoms with Crippen LogP contribution in [0.5, 0.6) is 11.5 Å². The lowest BCUT2D eigenvalue weighted by atomic mass is 10.1. The van der Waals surface area contributed by atoms with Gasteiger partial charge in [-0.15, -0.1) is 0 Å². The molecule has 0 aliphatic rings. The van der Waals surface area contributed by atoms with Crippen LogP contribution in [0.15, 0.2) is 18.2 Å². The lowest BCUT2D eigenvalue weighted by Crippen LogP contribution is -2.12. The Kier molecular flexibility index (Phi) is 6.26. The van der Waals surface area contributed by atoms with E-state index < -0.39 is 0 Å². The molecule has 3 heteroatoms. The second-order valence-electron chi connectivity index (χ2n) is 4.22. The summed E-state index contributed by atoms with van der Waals surface area (Å²) in [6, 6.07) is 5.38. The Labute approximate surface area is 109 Å². The highest BCUT2D eigenvalue weighted by molar-refractivity contribution is 5.81. The molecule has 0 radical (unpaired) electrons. The lowest BCUT2D eigenvalue weighted by Gasteiger charge is -2.17. The second-order valence-corrected chi connectivity index (χ2v) is 4.22. The van der Waals surface area contributed by atoms with Crippen LogP contribution in [0.3, 0.4) is 0 Å². The summed E-state index contributed by atoms with van der Waals surface area (Å²) in [5.41, 5.74) is 0.548. The maximum Gasteiger partial charge on any atom is 0.171 e. The van der Waals surface area contributed by atoms with E-state index in [1.165, 1.54) is 0 Å². The number of hydrogen-bond donors (Lipinski definition) is 0. The van der Waals surface area contributed by atoms with Crippen LogP contribution in [-0.4, -0.2) is 19.5 Å². The maximum atomic E-state index is 11.0. The molecule has 3 nitrogen and oxygen atoms in total. The van der Waals surface area contributed by atoms with Gasteiger partial charge in [-0.1, -0.05) is 32.8 Å². The van der Waals surface area contributed by atoms with E-state index in [0.29, 0.717) is 36.2 Å². The van der Waals surface area contributed by atoms with Crippen LogP contribution < -0.4 is 9.47 Å². The third kappa shape index (κ3) is 3.76. The number of carbonyl (C=O) groups excluding carboxylic acids is 1. The fourth-order valence-corrected chi connectivity index (χ4v) is 1.77. The fraction of sp³-hybridized carbons (Fsp3) is 0.533. The van der Waals surface area contributed by atoms with Crippen LogP contribution in [0.25, 0.3) is 0 Å². The Morgan fingerprint density at radius 3 is 2.44 bits per heavy atom. The average Bonchev–Trinajstić information content (AvgIpc) is 2.41. The first-order valence-corrected chi connectivity index (χ1v) is 6.60. The first-order chi connectivity index (χ1) is 8.76. The third-order valence-electron chi connectivity index (χ3n) is 3.05. The molecule has 18 heavy (non-hydrogen) atoms. The molecule has 0 aliphatic heterocycles. The Balaban J connectivity index is 2.86. The monoisotopic (exact) mass is 250 g/mol. The minimum atomic E-state index is 0.513. The van der Waals surface area contributed by atoms with E-state index in [0.717, 1.165) is 19.1 Å². The molecule has 1 aromatic rings. The van der Waals surface area contributed by atoms with Crippen molar-refractivity contribution in [1.29, 1.82) is 0 Å². The van der Waals surface area contributed by atoms with Crippen molar-refractivity contribution in [3.63, 3.8) is 0 Å². The van der Waals surface area contributed by atoms with Crippen molar-refractivity contribution in [3.8, 4) is 11.5 Å². The summed E-state index contributed by atoms with van der Waals surface area (Å²) < 4.78 is 11.3. The van der Waals surface area contributed by atoms with Gasteiger partial charge in [-0.3, -0.25) is 4.79 Å². The lowest BCUT2D eigenvalue weighted by molar-refractivity contribution is 0.111. The fourth-order valence-electron chi connectivity index (χ4n) is 1.77. The predicted molar refractivity (Wildman–Crippen MR) is 72.6 cm³/mol. The van der Waals surface area contributed by atoms with Crippen molar-refractivity contribution in [2.75, 3.05) is 13.2 Å². The van der Waals surface area contributed by atoms with Gasteiger partial charge in [-0.2, -0.15) is 0 Å². The Bertz CT molecular complexity index is 370. The average molecular weight is 250 g/mol. The van der Waals surface area contributed by atoms with E-state index >= 15 is 0 Å². The molecule has 0 N–H and O–H groups in total. The van der Waals surface area contributed by atoms with E-state index in [2.05, 4.69) is 13.8 Å². The number of hydrogen-bond acceptors (Lipinski definition) is 3. The zero-order valence-electron chi connectivity index (χ0n) is 11.4.